The average Bonchev–Trinajstić information content (AvgIpc) is 2.84. The topological polar surface area (TPSA) is 53.0 Å². The summed E-state index contributed by atoms with van der Waals surface area (Å²) in [6.07, 6.45) is 1.94. The van der Waals surface area contributed by atoms with Gasteiger partial charge in [-0.2, -0.15) is 0 Å². The molecule has 106 valence electrons. The third kappa shape index (κ3) is 2.09. The zero-order valence-corrected chi connectivity index (χ0v) is 12.4. The van der Waals surface area contributed by atoms with Crippen molar-refractivity contribution < 1.29 is 4.79 Å². The maximum absolute atomic E-state index is 11.5. The molecule has 0 aliphatic carbocycles. The van der Waals surface area contributed by atoms with Crippen molar-refractivity contribution in [2.24, 2.45) is 0 Å². The van der Waals surface area contributed by atoms with Gasteiger partial charge in [0.25, 0.3) is 5.24 Å². The highest BCUT2D eigenvalue weighted by Crippen LogP contribution is 2.33. The van der Waals surface area contributed by atoms with E-state index in [-0.39, 0.29) is 11.1 Å². The monoisotopic (exact) mass is 304 g/mol. The van der Waals surface area contributed by atoms with Crippen LogP contribution in [0.3, 0.4) is 0 Å². The van der Waals surface area contributed by atoms with Gasteiger partial charge in [0.2, 0.25) is 0 Å². The van der Waals surface area contributed by atoms with Crippen molar-refractivity contribution in [3.63, 3.8) is 0 Å². The molecule has 3 aromatic carbocycles. The summed E-state index contributed by atoms with van der Waals surface area (Å²) in [5, 5.41) is 14.8. The second-order valence-electron chi connectivity index (χ2n) is 5.13. The van der Waals surface area contributed by atoms with Crippen molar-refractivity contribution in [2.75, 3.05) is 0 Å². The highest BCUT2D eigenvalue weighted by atomic mass is 32.2. The van der Waals surface area contributed by atoms with Crippen LogP contribution in [0.2, 0.25) is 0 Å². The predicted molar refractivity (Wildman–Crippen MR) is 93.3 cm³/mol. The SMILES string of the molecule is N=C1NC(=O)SC1=Cc1c2ccccc2cc2ccccc12. The molecule has 1 fully saturated rings. The standard InChI is InChI=1S/C18H12N2OS/c19-17-16(22-18(21)20-17)10-15-13-7-3-1-5-11(13)9-12-6-2-4-8-14(12)15/h1-10H,(H2,19,20,21). The lowest BCUT2D eigenvalue weighted by Crippen LogP contribution is -2.17. The average molecular weight is 304 g/mol. The van der Waals surface area contributed by atoms with Gasteiger partial charge in [-0.3, -0.25) is 10.2 Å². The lowest BCUT2D eigenvalue weighted by atomic mass is 9.96. The number of rotatable bonds is 1. The molecule has 22 heavy (non-hydrogen) atoms. The van der Waals surface area contributed by atoms with Crippen molar-refractivity contribution >= 4 is 50.5 Å². The molecule has 1 aliphatic rings. The number of carbonyl (C=O) groups is 1. The summed E-state index contributed by atoms with van der Waals surface area (Å²) in [6.45, 7) is 0. The van der Waals surface area contributed by atoms with Gasteiger partial charge in [-0.1, -0.05) is 48.5 Å². The summed E-state index contributed by atoms with van der Waals surface area (Å²) in [5.74, 6) is 0.173. The molecule has 0 radical (unpaired) electrons. The number of carbonyl (C=O) groups excluding carboxylic acids is 1. The zero-order valence-electron chi connectivity index (χ0n) is 11.6. The molecule has 0 bridgehead atoms. The van der Waals surface area contributed by atoms with Crippen molar-refractivity contribution in [2.45, 2.75) is 0 Å². The smallest absolute Gasteiger partial charge is 0.289 e. The van der Waals surface area contributed by atoms with E-state index in [4.69, 9.17) is 5.41 Å². The third-order valence-corrected chi connectivity index (χ3v) is 4.59. The summed E-state index contributed by atoms with van der Waals surface area (Å²) in [5.41, 5.74) is 1.05. The number of benzene rings is 3. The first kappa shape index (κ1) is 13.1. The molecule has 3 aromatic rings. The molecule has 0 aromatic heterocycles. The van der Waals surface area contributed by atoms with E-state index in [1.165, 1.54) is 0 Å². The lowest BCUT2D eigenvalue weighted by molar-refractivity contribution is 0.265. The third-order valence-electron chi connectivity index (χ3n) is 3.76. The minimum absolute atomic E-state index is 0.173. The van der Waals surface area contributed by atoms with E-state index >= 15 is 0 Å². The van der Waals surface area contributed by atoms with Gasteiger partial charge in [0.15, 0.2) is 0 Å². The van der Waals surface area contributed by atoms with E-state index in [9.17, 15) is 4.79 Å². The van der Waals surface area contributed by atoms with Crippen LogP contribution in [-0.4, -0.2) is 11.1 Å². The number of amidine groups is 1. The summed E-state index contributed by atoms with van der Waals surface area (Å²) >= 11 is 1.07. The molecule has 1 aliphatic heterocycles. The normalized spacial score (nSPS) is 16.6. The maximum Gasteiger partial charge on any atom is 0.289 e. The number of thioether (sulfide) groups is 1. The van der Waals surface area contributed by atoms with Crippen LogP contribution < -0.4 is 5.32 Å². The second-order valence-corrected chi connectivity index (χ2v) is 6.15. The summed E-state index contributed by atoms with van der Waals surface area (Å²) in [7, 11) is 0. The van der Waals surface area contributed by atoms with Crippen LogP contribution >= 0.6 is 11.8 Å². The van der Waals surface area contributed by atoms with Gasteiger partial charge in [-0.25, -0.2) is 0 Å². The van der Waals surface area contributed by atoms with Gasteiger partial charge in [0.05, 0.1) is 4.91 Å². The first-order valence-corrected chi connectivity index (χ1v) is 7.74. The van der Waals surface area contributed by atoms with E-state index < -0.39 is 0 Å². The molecule has 3 nitrogen and oxygen atoms in total. The molecule has 2 N–H and O–H groups in total. The first-order chi connectivity index (χ1) is 10.7. The largest absolute Gasteiger partial charge is 0.301 e. The van der Waals surface area contributed by atoms with Gasteiger partial charge >= 0.3 is 0 Å². The molecule has 1 saturated heterocycles. The zero-order chi connectivity index (χ0) is 15.1. The summed E-state index contributed by atoms with van der Waals surface area (Å²) in [4.78, 5) is 12.1. The molecular formula is C18H12N2OS. The van der Waals surface area contributed by atoms with Gasteiger partial charge in [0.1, 0.15) is 5.84 Å². The highest BCUT2D eigenvalue weighted by Gasteiger charge is 2.22. The van der Waals surface area contributed by atoms with Crippen LogP contribution in [0.25, 0.3) is 27.6 Å². The van der Waals surface area contributed by atoms with Crippen molar-refractivity contribution in [1.82, 2.24) is 5.32 Å². The number of hydrogen-bond donors (Lipinski definition) is 2. The maximum atomic E-state index is 11.5. The molecule has 0 unspecified atom stereocenters. The molecule has 4 rings (SSSR count). The van der Waals surface area contributed by atoms with E-state index in [1.54, 1.807) is 0 Å². The quantitative estimate of drug-likeness (QED) is 0.636. The van der Waals surface area contributed by atoms with Crippen LogP contribution in [0.15, 0.2) is 59.5 Å². The van der Waals surface area contributed by atoms with Crippen molar-refractivity contribution in [3.8, 4) is 0 Å². The molecule has 0 saturated carbocycles. The summed E-state index contributed by atoms with van der Waals surface area (Å²) in [6, 6.07) is 18.5. The molecule has 1 heterocycles. The van der Waals surface area contributed by atoms with E-state index in [1.807, 2.05) is 30.3 Å². The van der Waals surface area contributed by atoms with E-state index in [0.29, 0.717) is 4.91 Å². The number of nitrogens with one attached hydrogen (secondary N) is 2. The minimum Gasteiger partial charge on any atom is -0.301 e. The van der Waals surface area contributed by atoms with Gasteiger partial charge in [0, 0.05) is 0 Å². The van der Waals surface area contributed by atoms with Gasteiger partial charge in [-0.05, 0) is 51.0 Å². The molecule has 0 spiro atoms. The Labute approximate surface area is 131 Å². The first-order valence-electron chi connectivity index (χ1n) is 6.92. The van der Waals surface area contributed by atoms with Crippen LogP contribution in [0, 0.1) is 5.41 Å². The Kier molecular flexibility index (Phi) is 2.98. The van der Waals surface area contributed by atoms with E-state index in [2.05, 4.69) is 35.6 Å². The molecular weight excluding hydrogens is 292 g/mol. The molecule has 1 amide bonds. The molecule has 4 heteroatoms. The van der Waals surface area contributed by atoms with E-state index in [0.717, 1.165) is 38.9 Å². The number of hydrogen-bond acceptors (Lipinski definition) is 3. The van der Waals surface area contributed by atoms with Crippen LogP contribution in [0.1, 0.15) is 5.56 Å². The van der Waals surface area contributed by atoms with Crippen LogP contribution in [-0.2, 0) is 0 Å². The highest BCUT2D eigenvalue weighted by molar-refractivity contribution is 8.18. The van der Waals surface area contributed by atoms with Crippen LogP contribution in [0.5, 0.6) is 0 Å². The Balaban J connectivity index is 2.07. The fraction of sp³-hybridized carbons (Fsp3) is 0. The van der Waals surface area contributed by atoms with Gasteiger partial charge < -0.3 is 5.32 Å². The Morgan fingerprint density at radius 3 is 2.09 bits per heavy atom. The Bertz CT molecular complexity index is 921. The van der Waals surface area contributed by atoms with Gasteiger partial charge in [-0.15, -0.1) is 0 Å². The second kappa shape index (κ2) is 5.00. The lowest BCUT2D eigenvalue weighted by Gasteiger charge is -2.09. The van der Waals surface area contributed by atoms with Crippen molar-refractivity contribution in [1.29, 1.82) is 5.41 Å². The fourth-order valence-electron chi connectivity index (χ4n) is 2.78. The minimum atomic E-state index is -0.194. The number of amides is 1. The Morgan fingerprint density at radius 1 is 0.955 bits per heavy atom. The Morgan fingerprint density at radius 2 is 1.55 bits per heavy atom. The predicted octanol–water partition coefficient (Wildman–Crippen LogP) is 4.77. The van der Waals surface area contributed by atoms with Crippen molar-refractivity contribution in [3.05, 3.63) is 65.1 Å². The Hall–Kier alpha value is -2.59. The number of fused-ring (bicyclic) bond motifs is 2. The fourth-order valence-corrected chi connectivity index (χ4v) is 3.46. The van der Waals surface area contributed by atoms with Crippen LogP contribution in [0.4, 0.5) is 4.79 Å². The summed E-state index contributed by atoms with van der Waals surface area (Å²) < 4.78 is 0. The molecule has 0 atom stereocenters.